The topological polar surface area (TPSA) is 38.7 Å². The first kappa shape index (κ1) is 35.8. The van der Waals surface area contributed by atoms with Crippen molar-refractivity contribution < 1.29 is 30.0 Å². The van der Waals surface area contributed by atoms with Crippen molar-refractivity contribution in [2.45, 2.75) is 88.3 Å². The molecule has 1 radical (unpaired) electrons. The van der Waals surface area contributed by atoms with E-state index in [1.165, 1.54) is 22.9 Å². The van der Waals surface area contributed by atoms with Crippen LogP contribution in [0, 0.1) is 24.0 Å². The Morgan fingerprint density at radius 1 is 0.873 bits per heavy atom. The van der Waals surface area contributed by atoms with Gasteiger partial charge in [0, 0.05) is 35.1 Å². The van der Waals surface area contributed by atoms with Crippen LogP contribution in [-0.4, -0.2) is 28.2 Å². The molecule has 1 unspecified atom stereocenters. The van der Waals surface area contributed by atoms with E-state index in [0.29, 0.717) is 11.3 Å². The van der Waals surface area contributed by atoms with Gasteiger partial charge in [0.15, 0.2) is 0 Å². The van der Waals surface area contributed by atoms with Gasteiger partial charge in [-0.3, -0.25) is 0 Å². The molecule has 7 aromatic rings. The molecule has 0 spiro atoms. The molecule has 4 aromatic heterocycles. The average molecular weight is 989 g/mol. The molecule has 0 saturated heterocycles. The SMILES string of the molecule is [2H]C(C)(C)c1ccc2c(c1)sc1c(-c3cc(C([2H])([2H])C4CCCCC4)ccn3)[c-]ncc12.[2H]C(C)(c1ccccc1)c1cc(-c2[c-]cc(F)cc2)nc[c]1[Ge]([CH3])([CH3])[CH3].[Ir]. The van der Waals surface area contributed by atoms with Crippen molar-refractivity contribution in [3.8, 4) is 22.5 Å². The maximum absolute atomic E-state index is 13.2. The Kier molecular flexibility index (Phi) is 11.8. The molecule has 7 heteroatoms. The van der Waals surface area contributed by atoms with Crippen LogP contribution < -0.4 is 4.40 Å². The van der Waals surface area contributed by atoms with E-state index in [1.807, 2.05) is 87.8 Å². The fourth-order valence-corrected chi connectivity index (χ4v) is 11.6. The van der Waals surface area contributed by atoms with E-state index in [-0.39, 0.29) is 31.8 Å². The van der Waals surface area contributed by atoms with Crippen LogP contribution in [0.25, 0.3) is 42.7 Å². The van der Waals surface area contributed by atoms with Crippen LogP contribution >= 0.6 is 11.3 Å². The van der Waals surface area contributed by atoms with Crippen LogP contribution in [0.1, 0.15) is 92.4 Å². The summed E-state index contributed by atoms with van der Waals surface area (Å²) >= 11 is -0.585. The van der Waals surface area contributed by atoms with Gasteiger partial charge in [0.1, 0.15) is 0 Å². The van der Waals surface area contributed by atoms with E-state index >= 15 is 0 Å². The van der Waals surface area contributed by atoms with Crippen LogP contribution in [0.15, 0.2) is 104 Å². The van der Waals surface area contributed by atoms with Gasteiger partial charge < -0.3 is 9.97 Å². The number of benzene rings is 3. The maximum Gasteiger partial charge on any atom is 0 e. The predicted molar refractivity (Wildman–Crippen MR) is 229 cm³/mol. The van der Waals surface area contributed by atoms with Crippen molar-refractivity contribution in [3.05, 3.63) is 144 Å². The third kappa shape index (κ3) is 9.71. The first-order chi connectivity index (χ1) is 27.4. The van der Waals surface area contributed by atoms with Gasteiger partial charge in [-0.05, 0) is 64.1 Å². The fourth-order valence-electron chi connectivity index (χ4n) is 7.19. The summed E-state index contributed by atoms with van der Waals surface area (Å²) in [4.78, 5) is 13.6. The van der Waals surface area contributed by atoms with Crippen molar-refractivity contribution in [1.29, 1.82) is 0 Å². The molecular formula is C48H50FGeIrN3S-2. The van der Waals surface area contributed by atoms with Gasteiger partial charge in [0.05, 0.1) is 0 Å². The third-order valence-electron chi connectivity index (χ3n) is 10.3. The average Bonchev–Trinajstić information content (AvgIpc) is 3.60. The second-order valence-corrected chi connectivity index (χ2v) is 27.1. The molecule has 1 atom stereocenters. The van der Waals surface area contributed by atoms with Gasteiger partial charge >= 0.3 is 154 Å². The third-order valence-corrected chi connectivity index (χ3v) is 15.7. The molecule has 3 nitrogen and oxygen atoms in total. The Morgan fingerprint density at radius 2 is 1.65 bits per heavy atom. The number of thiophene rings is 1. The van der Waals surface area contributed by atoms with Crippen molar-refractivity contribution in [2.24, 2.45) is 5.92 Å². The number of rotatable bonds is 8. The molecule has 1 aliphatic rings. The number of hydrogen-bond donors (Lipinski definition) is 0. The molecule has 3 aromatic carbocycles. The minimum atomic E-state index is -2.25. The molecule has 8 rings (SSSR count). The Hall–Kier alpha value is -3.55. The van der Waals surface area contributed by atoms with Crippen molar-refractivity contribution in [3.63, 3.8) is 0 Å². The zero-order valence-corrected chi connectivity index (χ0v) is 37.7. The van der Waals surface area contributed by atoms with Crippen LogP contribution in [-0.2, 0) is 26.5 Å². The summed E-state index contributed by atoms with van der Waals surface area (Å²) in [5.74, 6) is 5.14. The first-order valence-electron chi connectivity index (χ1n) is 20.9. The molecule has 1 aliphatic carbocycles. The molecule has 55 heavy (non-hydrogen) atoms. The number of pyridine rings is 3. The second-order valence-electron chi connectivity index (χ2n) is 15.5. The van der Waals surface area contributed by atoms with E-state index in [9.17, 15) is 4.39 Å². The Labute approximate surface area is 352 Å². The number of hydrogen-bond acceptors (Lipinski definition) is 4. The van der Waals surface area contributed by atoms with E-state index < -0.39 is 31.4 Å². The van der Waals surface area contributed by atoms with Crippen LogP contribution in [0.4, 0.5) is 4.39 Å². The summed E-state index contributed by atoms with van der Waals surface area (Å²) in [6, 6.07) is 29.2. The minimum absolute atomic E-state index is 0. The van der Waals surface area contributed by atoms with Gasteiger partial charge in [-0.2, -0.15) is 11.3 Å². The molecule has 4 heterocycles. The van der Waals surface area contributed by atoms with Gasteiger partial charge in [-0.1, -0.05) is 80.7 Å². The molecule has 0 aliphatic heterocycles. The van der Waals surface area contributed by atoms with Crippen molar-refractivity contribution in [2.75, 3.05) is 0 Å². The van der Waals surface area contributed by atoms with E-state index in [4.69, 9.17) is 5.48 Å². The quantitative estimate of drug-likeness (QED) is 0.112. The summed E-state index contributed by atoms with van der Waals surface area (Å²) in [7, 11) is 0. The molecule has 1 saturated carbocycles. The van der Waals surface area contributed by atoms with Gasteiger partial charge in [0.25, 0.3) is 0 Å². The molecule has 1 fully saturated rings. The number of fused-ring (bicyclic) bond motifs is 3. The largest absolute Gasteiger partial charge is 0 e. The van der Waals surface area contributed by atoms with Crippen LogP contribution in [0.2, 0.25) is 17.3 Å². The van der Waals surface area contributed by atoms with Gasteiger partial charge in [-0.15, -0.1) is 0 Å². The minimum Gasteiger partial charge on any atom is 0 e. The zero-order valence-electron chi connectivity index (χ0n) is 36.4. The van der Waals surface area contributed by atoms with E-state index in [1.54, 1.807) is 23.6 Å². The molecule has 285 valence electrons. The fraction of sp³-hybridized carbons (Fsp3) is 0.312. The zero-order chi connectivity index (χ0) is 41.5. The molecule has 0 amide bonds. The summed E-state index contributed by atoms with van der Waals surface area (Å²) in [6.07, 6.45) is 12.6. The number of aromatic nitrogens is 3. The normalized spacial score (nSPS) is 16.1. The smallest absolute Gasteiger partial charge is 0 e. The van der Waals surface area contributed by atoms with Crippen LogP contribution in [0.5, 0.6) is 0 Å². The number of halogens is 1. The molecular weight excluding hydrogens is 934 g/mol. The molecule has 0 bridgehead atoms. The number of nitrogens with zero attached hydrogens (tertiary/aromatic N) is 3. The van der Waals surface area contributed by atoms with Crippen molar-refractivity contribution in [1.82, 2.24) is 15.0 Å². The summed E-state index contributed by atoms with van der Waals surface area (Å²) in [5, 5.41) is 2.17. The Balaban J connectivity index is 0.000000199. The maximum atomic E-state index is 13.2. The Morgan fingerprint density at radius 3 is 2.36 bits per heavy atom. The molecule has 0 N–H and O–H groups in total. The second kappa shape index (κ2) is 18.1. The Bertz CT molecular complexity index is 2550. The summed E-state index contributed by atoms with van der Waals surface area (Å²) in [5.41, 5.74) is 6.61. The monoisotopic (exact) mass is 990 g/mol. The summed E-state index contributed by atoms with van der Waals surface area (Å²) in [6.45, 7) is 5.74. The van der Waals surface area contributed by atoms with E-state index in [2.05, 4.69) is 56.6 Å². The van der Waals surface area contributed by atoms with Crippen LogP contribution in [0.3, 0.4) is 0 Å². The summed E-state index contributed by atoms with van der Waals surface area (Å²) < 4.78 is 51.9. The van der Waals surface area contributed by atoms with Gasteiger partial charge in [-0.25, -0.2) is 0 Å². The van der Waals surface area contributed by atoms with Gasteiger partial charge in [0.2, 0.25) is 0 Å². The standard InChI is InChI=1S/C26H27N2S.C22H23FGeN.Ir/c1-17(2)20-8-9-21-22-15-27-16-23(26(22)29-25(21)14-20)24-13-19(10-11-28-24)12-18-6-4-3-5-7-18;1-16(17-8-6-5-7-9-17)20-14-22(18-10-12-19(23)13-11-18)25-15-21(20)24(2,3)4;/h8-11,13-15,17-18H,3-7,12H2,1-2H3;5-10,12-16H,1-4H3;/q2*-1;/i12D2,17D;16D;. The van der Waals surface area contributed by atoms with Crippen molar-refractivity contribution >= 4 is 49.2 Å². The first-order valence-corrected chi connectivity index (χ1v) is 27.0. The predicted octanol–water partition coefficient (Wildman–Crippen LogP) is 12.9. The van der Waals surface area contributed by atoms with E-state index in [0.717, 1.165) is 79.4 Å².